The largest absolute Gasteiger partial charge is 0.441 e. The summed E-state index contributed by atoms with van der Waals surface area (Å²) in [4.78, 5) is 27.9. The molecule has 0 aliphatic carbocycles. The zero-order valence-corrected chi connectivity index (χ0v) is 14.4. The Kier molecular flexibility index (Phi) is 5.43. The Morgan fingerprint density at radius 1 is 1.00 bits per heavy atom. The number of rotatable bonds is 5. The number of carbonyl (C=O) groups excluding carboxylic acids is 2. The smallest absolute Gasteiger partial charge is 0.269 e. The fourth-order valence-corrected chi connectivity index (χ4v) is 2.35. The van der Waals surface area contributed by atoms with E-state index in [1.165, 1.54) is 5.56 Å². The summed E-state index contributed by atoms with van der Waals surface area (Å²) in [5, 5.41) is 0. The first-order valence-electron chi connectivity index (χ1n) is 8.28. The molecular weight excluding hydrogens is 330 g/mol. The number of amides is 2. The van der Waals surface area contributed by atoms with Crippen LogP contribution in [0.2, 0.25) is 0 Å². The average molecular weight is 349 g/mol. The van der Waals surface area contributed by atoms with Crippen LogP contribution in [0.1, 0.15) is 28.2 Å². The average Bonchev–Trinajstić information content (AvgIpc) is 3.14. The second kappa shape index (κ2) is 8.11. The molecule has 0 atom stereocenters. The zero-order valence-electron chi connectivity index (χ0n) is 14.4. The molecule has 2 aromatic carbocycles. The van der Waals surface area contributed by atoms with Crippen molar-refractivity contribution >= 4 is 11.8 Å². The van der Waals surface area contributed by atoms with Crippen molar-refractivity contribution in [3.63, 3.8) is 0 Å². The maximum Gasteiger partial charge on any atom is 0.269 e. The monoisotopic (exact) mass is 349 g/mol. The maximum atomic E-state index is 11.9. The Morgan fingerprint density at radius 3 is 2.46 bits per heavy atom. The van der Waals surface area contributed by atoms with Crippen LogP contribution in [0.4, 0.5) is 0 Å². The van der Waals surface area contributed by atoms with Crippen LogP contribution in [0.15, 0.2) is 65.2 Å². The lowest BCUT2D eigenvalue weighted by Crippen LogP contribution is -2.41. The number of nitrogens with zero attached hydrogens (tertiary/aromatic N) is 1. The molecule has 0 aliphatic heterocycles. The molecule has 132 valence electrons. The van der Waals surface area contributed by atoms with Crippen molar-refractivity contribution in [2.24, 2.45) is 0 Å². The minimum Gasteiger partial charge on any atom is -0.441 e. The first kappa shape index (κ1) is 17.4. The summed E-state index contributed by atoms with van der Waals surface area (Å²) >= 11 is 0. The van der Waals surface area contributed by atoms with Crippen molar-refractivity contribution in [3.05, 3.63) is 77.8 Å². The van der Waals surface area contributed by atoms with Crippen molar-refractivity contribution in [1.29, 1.82) is 0 Å². The Bertz CT molecular complexity index is 886. The normalized spacial score (nSPS) is 10.3. The van der Waals surface area contributed by atoms with Crippen molar-refractivity contribution in [3.8, 4) is 11.3 Å². The topological polar surface area (TPSA) is 84.2 Å². The van der Waals surface area contributed by atoms with E-state index >= 15 is 0 Å². The van der Waals surface area contributed by atoms with Gasteiger partial charge in [0.1, 0.15) is 0 Å². The van der Waals surface area contributed by atoms with E-state index in [0.717, 1.165) is 5.56 Å². The van der Waals surface area contributed by atoms with E-state index in [2.05, 4.69) is 15.8 Å². The third kappa shape index (κ3) is 4.57. The summed E-state index contributed by atoms with van der Waals surface area (Å²) < 4.78 is 5.68. The van der Waals surface area contributed by atoms with Gasteiger partial charge in [0.15, 0.2) is 11.7 Å². The molecule has 0 saturated carbocycles. The third-order valence-corrected chi connectivity index (χ3v) is 3.81. The standard InChI is InChI=1S/C20H19N3O3/c1-14-7-9-15(10-8-14)17-13-21-19(26-17)12-11-18(24)22-23-20(25)16-5-3-2-4-6-16/h2-10,13H,11-12H2,1H3,(H,22,24)(H,23,25). The molecule has 0 unspecified atom stereocenters. The number of hydrazine groups is 1. The molecule has 1 heterocycles. The number of benzene rings is 2. The summed E-state index contributed by atoms with van der Waals surface area (Å²) in [6.45, 7) is 2.02. The molecule has 3 aromatic rings. The molecule has 0 aliphatic rings. The van der Waals surface area contributed by atoms with Gasteiger partial charge in [0.25, 0.3) is 5.91 Å². The van der Waals surface area contributed by atoms with Gasteiger partial charge >= 0.3 is 0 Å². The highest BCUT2D eigenvalue weighted by atomic mass is 16.4. The quantitative estimate of drug-likeness (QED) is 0.694. The number of aromatic nitrogens is 1. The van der Waals surface area contributed by atoms with Gasteiger partial charge in [-0.15, -0.1) is 0 Å². The molecule has 2 amide bonds. The van der Waals surface area contributed by atoms with Crippen molar-refractivity contribution < 1.29 is 14.0 Å². The van der Waals surface area contributed by atoms with E-state index in [-0.39, 0.29) is 18.2 Å². The number of hydrogen-bond donors (Lipinski definition) is 2. The molecule has 26 heavy (non-hydrogen) atoms. The van der Waals surface area contributed by atoms with E-state index < -0.39 is 0 Å². The summed E-state index contributed by atoms with van der Waals surface area (Å²) in [6, 6.07) is 16.6. The fraction of sp³-hybridized carbons (Fsp3) is 0.150. The van der Waals surface area contributed by atoms with Gasteiger partial charge in [0.05, 0.1) is 6.20 Å². The van der Waals surface area contributed by atoms with Gasteiger partial charge in [-0.25, -0.2) is 4.98 Å². The second-order valence-corrected chi connectivity index (χ2v) is 5.85. The fourth-order valence-electron chi connectivity index (χ4n) is 2.35. The highest BCUT2D eigenvalue weighted by Gasteiger charge is 2.10. The molecule has 0 spiro atoms. The first-order valence-corrected chi connectivity index (χ1v) is 8.28. The van der Waals surface area contributed by atoms with Crippen molar-refractivity contribution in [2.45, 2.75) is 19.8 Å². The molecule has 1 aromatic heterocycles. The molecule has 0 bridgehead atoms. The van der Waals surface area contributed by atoms with Gasteiger partial charge < -0.3 is 4.42 Å². The minimum absolute atomic E-state index is 0.156. The van der Waals surface area contributed by atoms with Gasteiger partial charge in [-0.3, -0.25) is 20.4 Å². The molecule has 6 nitrogen and oxygen atoms in total. The number of aryl methyl sites for hydroxylation is 2. The molecule has 2 N–H and O–H groups in total. The van der Waals surface area contributed by atoms with Crippen LogP contribution in [0.5, 0.6) is 0 Å². The lowest BCUT2D eigenvalue weighted by Gasteiger charge is -2.06. The predicted octanol–water partition coefficient (Wildman–Crippen LogP) is 3.04. The third-order valence-electron chi connectivity index (χ3n) is 3.81. The Balaban J connectivity index is 1.47. The minimum atomic E-state index is -0.364. The molecule has 3 rings (SSSR count). The number of oxazole rings is 1. The summed E-state index contributed by atoms with van der Waals surface area (Å²) in [6.07, 6.45) is 2.15. The molecule has 0 fully saturated rings. The second-order valence-electron chi connectivity index (χ2n) is 5.85. The van der Waals surface area contributed by atoms with Crippen LogP contribution in [-0.2, 0) is 11.2 Å². The molecule has 0 radical (unpaired) electrons. The lowest BCUT2D eigenvalue weighted by atomic mass is 10.1. The van der Waals surface area contributed by atoms with E-state index in [4.69, 9.17) is 4.42 Å². The maximum absolute atomic E-state index is 11.9. The predicted molar refractivity (Wildman–Crippen MR) is 97.0 cm³/mol. The van der Waals surface area contributed by atoms with E-state index in [9.17, 15) is 9.59 Å². The van der Waals surface area contributed by atoms with E-state index in [1.54, 1.807) is 30.5 Å². The van der Waals surface area contributed by atoms with Gasteiger partial charge in [-0.2, -0.15) is 0 Å². The van der Waals surface area contributed by atoms with Crippen LogP contribution in [0.25, 0.3) is 11.3 Å². The summed E-state index contributed by atoms with van der Waals surface area (Å²) in [5.74, 6) is 0.462. The number of hydrogen-bond acceptors (Lipinski definition) is 4. The highest BCUT2D eigenvalue weighted by Crippen LogP contribution is 2.21. The molecule has 0 saturated heterocycles. The van der Waals surface area contributed by atoms with Gasteiger partial charge in [-0.1, -0.05) is 48.0 Å². The van der Waals surface area contributed by atoms with Crippen LogP contribution in [0, 0.1) is 6.92 Å². The van der Waals surface area contributed by atoms with Crippen LogP contribution in [-0.4, -0.2) is 16.8 Å². The molecular formula is C20H19N3O3. The zero-order chi connectivity index (χ0) is 18.4. The van der Waals surface area contributed by atoms with Gasteiger partial charge in [0.2, 0.25) is 5.91 Å². The lowest BCUT2D eigenvalue weighted by molar-refractivity contribution is -0.121. The summed E-state index contributed by atoms with van der Waals surface area (Å²) in [5.41, 5.74) is 7.35. The van der Waals surface area contributed by atoms with Gasteiger partial charge in [0, 0.05) is 24.0 Å². The Morgan fingerprint density at radius 2 is 1.73 bits per heavy atom. The first-order chi connectivity index (χ1) is 12.6. The van der Waals surface area contributed by atoms with Gasteiger partial charge in [-0.05, 0) is 19.1 Å². The Hall–Kier alpha value is -3.41. The van der Waals surface area contributed by atoms with Crippen LogP contribution in [0.3, 0.4) is 0 Å². The Labute approximate surface area is 151 Å². The van der Waals surface area contributed by atoms with Crippen LogP contribution >= 0.6 is 0 Å². The van der Waals surface area contributed by atoms with Crippen molar-refractivity contribution in [1.82, 2.24) is 15.8 Å². The van der Waals surface area contributed by atoms with Crippen LogP contribution < -0.4 is 10.9 Å². The highest BCUT2D eigenvalue weighted by molar-refractivity contribution is 5.95. The van der Waals surface area contributed by atoms with E-state index in [0.29, 0.717) is 23.6 Å². The van der Waals surface area contributed by atoms with Crippen molar-refractivity contribution in [2.75, 3.05) is 0 Å². The number of nitrogens with one attached hydrogen (secondary N) is 2. The SMILES string of the molecule is Cc1ccc(-c2cnc(CCC(=O)NNC(=O)c3ccccc3)o2)cc1. The summed E-state index contributed by atoms with van der Waals surface area (Å²) in [7, 11) is 0. The molecule has 6 heteroatoms. The van der Waals surface area contributed by atoms with E-state index in [1.807, 2.05) is 37.3 Å². The number of carbonyl (C=O) groups is 2.